The van der Waals surface area contributed by atoms with Crippen LogP contribution in [0.3, 0.4) is 0 Å². The second kappa shape index (κ2) is 11.4. The second-order valence-electron chi connectivity index (χ2n) is 12.4. The lowest BCUT2D eigenvalue weighted by Crippen LogP contribution is -2.51. The molecule has 0 amide bonds. The first-order valence-corrected chi connectivity index (χ1v) is 17.0. The predicted octanol–water partition coefficient (Wildman–Crippen LogP) is 7.26. The van der Waals surface area contributed by atoms with E-state index in [1.807, 2.05) is 62.4 Å². The van der Waals surface area contributed by atoms with E-state index < -0.39 is 18.6 Å². The van der Waals surface area contributed by atoms with Crippen molar-refractivity contribution in [1.82, 2.24) is 0 Å². The molecule has 2 saturated carbocycles. The molecular formula is C36H41O5P. The summed E-state index contributed by atoms with van der Waals surface area (Å²) in [6, 6.07) is 17.8. The van der Waals surface area contributed by atoms with Crippen molar-refractivity contribution in [3.63, 3.8) is 0 Å². The average molecular weight is 585 g/mol. The number of rotatable bonds is 6. The highest BCUT2D eigenvalue weighted by atomic mass is 31.2. The number of ketones is 1. The van der Waals surface area contributed by atoms with Crippen LogP contribution in [0.5, 0.6) is 0 Å². The fourth-order valence-corrected chi connectivity index (χ4v) is 9.85. The SMILES string of the molecule is CCOP(=O)(OCC)c1ccc([C@H]2C[C@@]3(C)[C@@H](CC[C@@]3(O)C#Cc3ccccc3)[C@@H]3CCC4=CC(=O)CCC4=C32)cc1. The molecule has 6 rings (SSSR count). The summed E-state index contributed by atoms with van der Waals surface area (Å²) in [5, 5.41) is 12.8. The Balaban J connectivity index is 1.44. The summed E-state index contributed by atoms with van der Waals surface area (Å²) in [5.74, 6) is 7.60. The highest BCUT2D eigenvalue weighted by Gasteiger charge is 2.62. The Morgan fingerprint density at radius 1 is 0.976 bits per heavy atom. The smallest absolute Gasteiger partial charge is 0.361 e. The van der Waals surface area contributed by atoms with Gasteiger partial charge in [0.05, 0.1) is 18.5 Å². The van der Waals surface area contributed by atoms with Gasteiger partial charge in [0, 0.05) is 23.3 Å². The van der Waals surface area contributed by atoms with Crippen LogP contribution < -0.4 is 5.30 Å². The Kier molecular flexibility index (Phi) is 7.96. The summed E-state index contributed by atoms with van der Waals surface area (Å²) in [6.07, 6.45) is 7.48. The first-order valence-electron chi connectivity index (χ1n) is 15.5. The van der Waals surface area contributed by atoms with Gasteiger partial charge in [0.1, 0.15) is 5.60 Å². The summed E-state index contributed by atoms with van der Waals surface area (Å²) in [5.41, 5.74) is 4.57. The van der Waals surface area contributed by atoms with Gasteiger partial charge in [-0.2, -0.15) is 0 Å². The van der Waals surface area contributed by atoms with Gasteiger partial charge >= 0.3 is 7.60 Å². The molecule has 4 aliphatic rings. The van der Waals surface area contributed by atoms with Crippen LogP contribution in [0.25, 0.3) is 0 Å². The van der Waals surface area contributed by atoms with Crippen LogP contribution in [0.4, 0.5) is 0 Å². The monoisotopic (exact) mass is 584 g/mol. The number of aliphatic hydroxyl groups is 1. The van der Waals surface area contributed by atoms with Gasteiger partial charge in [-0.05, 0) is 111 Å². The van der Waals surface area contributed by atoms with Crippen LogP contribution in [0.2, 0.25) is 0 Å². The lowest BCUT2D eigenvalue weighted by Gasteiger charge is -2.53. The maximum absolute atomic E-state index is 13.5. The molecule has 0 unspecified atom stereocenters. The molecule has 220 valence electrons. The van der Waals surface area contributed by atoms with Crippen molar-refractivity contribution in [3.8, 4) is 11.8 Å². The van der Waals surface area contributed by atoms with Crippen LogP contribution in [-0.2, 0) is 18.4 Å². The van der Waals surface area contributed by atoms with E-state index in [1.54, 1.807) is 0 Å². The number of carbonyl (C=O) groups is 1. The molecule has 0 spiro atoms. The molecule has 2 aromatic rings. The second-order valence-corrected chi connectivity index (χ2v) is 14.5. The average Bonchev–Trinajstić information content (AvgIpc) is 3.26. The minimum atomic E-state index is -3.40. The highest BCUT2D eigenvalue weighted by Crippen LogP contribution is 2.66. The first kappa shape index (κ1) is 29.3. The number of allylic oxidation sites excluding steroid dienone is 4. The van der Waals surface area contributed by atoms with E-state index in [0.29, 0.717) is 43.2 Å². The topological polar surface area (TPSA) is 72.8 Å². The van der Waals surface area contributed by atoms with Crippen LogP contribution >= 0.6 is 7.60 Å². The minimum Gasteiger partial charge on any atom is -0.377 e. The maximum Gasteiger partial charge on any atom is 0.361 e. The van der Waals surface area contributed by atoms with Gasteiger partial charge in [0.25, 0.3) is 0 Å². The number of fused-ring (bicyclic) bond motifs is 4. The van der Waals surface area contributed by atoms with Gasteiger partial charge in [-0.3, -0.25) is 9.36 Å². The molecular weight excluding hydrogens is 543 g/mol. The summed E-state index contributed by atoms with van der Waals surface area (Å²) >= 11 is 0. The van der Waals surface area contributed by atoms with Gasteiger partial charge in [-0.1, -0.05) is 54.7 Å². The third-order valence-corrected chi connectivity index (χ3v) is 12.4. The predicted molar refractivity (Wildman–Crippen MR) is 165 cm³/mol. The van der Waals surface area contributed by atoms with Crippen molar-refractivity contribution >= 4 is 18.7 Å². The number of benzene rings is 2. The molecule has 0 bridgehead atoms. The molecule has 0 heterocycles. The summed E-state index contributed by atoms with van der Waals surface area (Å²) in [4.78, 5) is 12.4. The zero-order valence-electron chi connectivity index (χ0n) is 24.9. The lowest BCUT2D eigenvalue weighted by molar-refractivity contribution is -0.114. The van der Waals surface area contributed by atoms with Gasteiger partial charge in [-0.25, -0.2) is 0 Å². The van der Waals surface area contributed by atoms with Crippen LogP contribution in [0, 0.1) is 29.1 Å². The molecule has 6 heteroatoms. The molecule has 0 radical (unpaired) electrons. The van der Waals surface area contributed by atoms with Crippen molar-refractivity contribution < 1.29 is 23.5 Å². The molecule has 5 nitrogen and oxygen atoms in total. The lowest BCUT2D eigenvalue weighted by atomic mass is 9.51. The fourth-order valence-electron chi connectivity index (χ4n) is 8.28. The van der Waals surface area contributed by atoms with Crippen molar-refractivity contribution in [1.29, 1.82) is 0 Å². The number of hydrogen-bond donors (Lipinski definition) is 1. The van der Waals surface area contributed by atoms with Crippen molar-refractivity contribution in [2.75, 3.05) is 13.2 Å². The van der Waals surface area contributed by atoms with Gasteiger partial charge in [0.15, 0.2) is 5.78 Å². The molecule has 2 aromatic carbocycles. The summed E-state index contributed by atoms with van der Waals surface area (Å²) in [6.45, 7) is 6.49. The Morgan fingerprint density at radius 3 is 2.38 bits per heavy atom. The minimum absolute atomic E-state index is 0.0684. The normalized spacial score (nSPS) is 30.5. The third-order valence-electron chi connectivity index (χ3n) is 10.3. The maximum atomic E-state index is 13.5. The van der Waals surface area contributed by atoms with Crippen molar-refractivity contribution in [3.05, 3.63) is 88.5 Å². The van der Waals surface area contributed by atoms with Gasteiger partial charge in [0.2, 0.25) is 0 Å². The van der Waals surface area contributed by atoms with E-state index in [1.165, 1.54) is 16.7 Å². The standard InChI is InChI=1S/C36H41O5P/c1-4-40-42(39,41-5-2)29-15-11-26(12-16-29)32-24-35(3)33(20-22-36(35,38)21-19-25-9-7-6-8-10-25)31-17-13-27-23-28(37)14-18-30(27)34(31)32/h6-12,15-16,23,31-33,38H,4-5,13-14,17-18,20,22,24H2,1-3H3/t31-,32+,33-,35-,36-/m0/s1. The van der Waals surface area contributed by atoms with Gasteiger partial charge in [-0.15, -0.1) is 0 Å². The molecule has 5 atom stereocenters. The molecule has 4 aliphatic carbocycles. The summed E-state index contributed by atoms with van der Waals surface area (Å²) in [7, 11) is -3.40. The van der Waals surface area contributed by atoms with E-state index in [0.717, 1.165) is 43.2 Å². The molecule has 0 saturated heterocycles. The van der Waals surface area contributed by atoms with Crippen molar-refractivity contribution in [2.45, 2.75) is 77.2 Å². The highest BCUT2D eigenvalue weighted by molar-refractivity contribution is 7.62. The summed E-state index contributed by atoms with van der Waals surface area (Å²) < 4.78 is 24.7. The van der Waals surface area contributed by atoms with E-state index in [-0.39, 0.29) is 11.7 Å². The van der Waals surface area contributed by atoms with E-state index in [9.17, 15) is 14.5 Å². The third kappa shape index (κ3) is 4.97. The van der Waals surface area contributed by atoms with Crippen LogP contribution in [0.1, 0.15) is 82.8 Å². The molecule has 0 aliphatic heterocycles. The number of hydrogen-bond acceptors (Lipinski definition) is 5. The van der Waals surface area contributed by atoms with E-state index in [4.69, 9.17) is 9.05 Å². The largest absolute Gasteiger partial charge is 0.377 e. The zero-order valence-corrected chi connectivity index (χ0v) is 25.8. The van der Waals surface area contributed by atoms with Crippen molar-refractivity contribution in [2.24, 2.45) is 17.3 Å². The fraction of sp³-hybridized carbons (Fsp3) is 0.472. The Hall–Kier alpha value is -2.74. The van der Waals surface area contributed by atoms with Gasteiger partial charge < -0.3 is 14.2 Å². The van der Waals surface area contributed by atoms with Crippen LogP contribution in [-0.4, -0.2) is 29.7 Å². The first-order chi connectivity index (χ1) is 20.2. The molecule has 0 aromatic heterocycles. The Bertz CT molecular complexity index is 1520. The molecule has 1 N–H and O–H groups in total. The Morgan fingerprint density at radius 2 is 1.69 bits per heavy atom. The molecule has 42 heavy (non-hydrogen) atoms. The van der Waals surface area contributed by atoms with E-state index >= 15 is 0 Å². The molecule has 2 fully saturated rings. The van der Waals surface area contributed by atoms with E-state index in [2.05, 4.69) is 30.9 Å². The quantitative estimate of drug-likeness (QED) is 0.286. The number of carbonyl (C=O) groups excluding carboxylic acids is 1. The van der Waals surface area contributed by atoms with Crippen LogP contribution in [0.15, 0.2) is 77.4 Å². The Labute approximate surface area is 249 Å². The zero-order chi connectivity index (χ0) is 29.5.